The van der Waals surface area contributed by atoms with Gasteiger partial charge in [-0.1, -0.05) is 18.6 Å². The van der Waals surface area contributed by atoms with Crippen molar-refractivity contribution in [2.24, 2.45) is 17.6 Å². The fourth-order valence-corrected chi connectivity index (χ4v) is 4.19. The lowest BCUT2D eigenvalue weighted by Gasteiger charge is -2.33. The molecule has 4 N–H and O–H groups in total. The number of aldehydes is 1. The van der Waals surface area contributed by atoms with Crippen molar-refractivity contribution < 1.29 is 24.5 Å². The molecule has 0 saturated heterocycles. The molecule has 3 rings (SSSR count). The van der Waals surface area contributed by atoms with Crippen LogP contribution in [0, 0.1) is 11.8 Å². The molecule has 1 saturated carbocycles. The van der Waals surface area contributed by atoms with E-state index in [2.05, 4.69) is 0 Å². The van der Waals surface area contributed by atoms with E-state index in [4.69, 9.17) is 10.5 Å². The second-order valence-electron chi connectivity index (χ2n) is 7.91. The zero-order valence-corrected chi connectivity index (χ0v) is 15.5. The number of rotatable bonds is 6. The standard InChI is InChI=1S/C21H27NO5/c1-21(12-23)11-18(25)20(27-21)15-4-2-3-14(10-15)19(26)17(22)9-13-5-7-16(24)8-6-13/h5-8,11-12,14-15,17,20,24-25H,2-4,9-10,22H2,1H3. The third kappa shape index (κ3) is 4.39. The number of aromatic hydroxyl groups is 1. The molecule has 0 amide bonds. The van der Waals surface area contributed by atoms with Gasteiger partial charge in [-0.25, -0.2) is 0 Å². The molecule has 0 spiro atoms. The summed E-state index contributed by atoms with van der Waals surface area (Å²) in [6.45, 7) is 1.62. The first kappa shape index (κ1) is 19.6. The third-order valence-corrected chi connectivity index (χ3v) is 5.64. The van der Waals surface area contributed by atoms with Gasteiger partial charge >= 0.3 is 0 Å². The Hall–Kier alpha value is -2.18. The number of aliphatic hydroxyl groups excluding tert-OH is 1. The summed E-state index contributed by atoms with van der Waals surface area (Å²) in [4.78, 5) is 24.0. The molecule has 1 aliphatic heterocycles. The van der Waals surface area contributed by atoms with Crippen LogP contribution in [0.5, 0.6) is 5.75 Å². The zero-order valence-electron chi connectivity index (χ0n) is 15.5. The van der Waals surface area contributed by atoms with E-state index >= 15 is 0 Å². The second-order valence-corrected chi connectivity index (χ2v) is 7.91. The van der Waals surface area contributed by atoms with Crippen molar-refractivity contribution in [1.29, 1.82) is 0 Å². The molecule has 27 heavy (non-hydrogen) atoms. The number of nitrogens with two attached hydrogens (primary N) is 1. The highest BCUT2D eigenvalue weighted by Gasteiger charge is 2.43. The summed E-state index contributed by atoms with van der Waals surface area (Å²) >= 11 is 0. The molecule has 1 heterocycles. The first-order chi connectivity index (χ1) is 12.8. The van der Waals surface area contributed by atoms with Crippen molar-refractivity contribution in [3.8, 4) is 5.75 Å². The van der Waals surface area contributed by atoms with Gasteiger partial charge in [0.1, 0.15) is 23.2 Å². The predicted molar refractivity (Wildman–Crippen MR) is 100 cm³/mol. The van der Waals surface area contributed by atoms with Crippen LogP contribution >= 0.6 is 0 Å². The molecular weight excluding hydrogens is 346 g/mol. The summed E-state index contributed by atoms with van der Waals surface area (Å²) in [6, 6.07) is 6.09. The minimum absolute atomic E-state index is 0.00778. The Morgan fingerprint density at radius 3 is 2.67 bits per heavy atom. The summed E-state index contributed by atoms with van der Waals surface area (Å²) in [5.74, 6) is 0.103. The Bertz CT molecular complexity index is 729. The van der Waals surface area contributed by atoms with E-state index in [0.29, 0.717) is 19.1 Å². The molecule has 6 heteroatoms. The fourth-order valence-electron chi connectivity index (χ4n) is 4.19. The maximum atomic E-state index is 12.8. The highest BCUT2D eigenvalue weighted by atomic mass is 16.5. The van der Waals surface area contributed by atoms with Gasteiger partial charge in [0.25, 0.3) is 0 Å². The summed E-state index contributed by atoms with van der Waals surface area (Å²) in [5.41, 5.74) is 5.97. The first-order valence-electron chi connectivity index (χ1n) is 9.44. The molecule has 1 fully saturated rings. The van der Waals surface area contributed by atoms with E-state index < -0.39 is 17.7 Å². The minimum Gasteiger partial charge on any atom is -0.510 e. The van der Waals surface area contributed by atoms with Crippen molar-refractivity contribution in [3.05, 3.63) is 41.7 Å². The number of hydrogen-bond donors (Lipinski definition) is 3. The molecule has 146 valence electrons. The second kappa shape index (κ2) is 7.82. The Kier molecular flexibility index (Phi) is 5.67. The van der Waals surface area contributed by atoms with Gasteiger partial charge in [0.15, 0.2) is 12.1 Å². The van der Waals surface area contributed by atoms with E-state index in [-0.39, 0.29) is 29.1 Å². The number of Topliss-reactive ketones (excluding diaryl/α,β-unsaturated/α-hetero) is 1. The predicted octanol–water partition coefficient (Wildman–Crippen LogP) is 2.44. The lowest BCUT2D eigenvalue weighted by molar-refractivity contribution is -0.132. The largest absolute Gasteiger partial charge is 0.510 e. The molecule has 0 bridgehead atoms. The Labute approximate surface area is 159 Å². The van der Waals surface area contributed by atoms with Gasteiger partial charge in [-0.2, -0.15) is 0 Å². The van der Waals surface area contributed by atoms with Crippen molar-refractivity contribution >= 4 is 12.1 Å². The van der Waals surface area contributed by atoms with Gasteiger partial charge in [0, 0.05) is 5.92 Å². The maximum absolute atomic E-state index is 12.8. The summed E-state index contributed by atoms with van der Waals surface area (Å²) < 4.78 is 5.77. The van der Waals surface area contributed by atoms with Gasteiger partial charge in [0.05, 0.1) is 6.04 Å². The summed E-state index contributed by atoms with van der Waals surface area (Å²) in [7, 11) is 0. The van der Waals surface area contributed by atoms with Crippen LogP contribution in [0.4, 0.5) is 0 Å². The molecule has 5 unspecified atom stereocenters. The average molecular weight is 373 g/mol. The van der Waals surface area contributed by atoms with Crippen molar-refractivity contribution in [2.45, 2.75) is 56.8 Å². The zero-order chi connectivity index (χ0) is 19.6. The molecule has 5 atom stereocenters. The van der Waals surface area contributed by atoms with E-state index in [1.54, 1.807) is 31.2 Å². The van der Waals surface area contributed by atoms with Crippen LogP contribution in [0.1, 0.15) is 38.2 Å². The monoisotopic (exact) mass is 373 g/mol. The molecule has 0 aromatic heterocycles. The van der Waals surface area contributed by atoms with Crippen LogP contribution in [0.2, 0.25) is 0 Å². The number of carbonyl (C=O) groups is 2. The number of ether oxygens (including phenoxy) is 1. The van der Waals surface area contributed by atoms with Gasteiger partial charge in [-0.15, -0.1) is 0 Å². The highest BCUT2D eigenvalue weighted by molar-refractivity contribution is 5.86. The first-order valence-corrected chi connectivity index (χ1v) is 9.44. The molecule has 1 aliphatic carbocycles. The lowest BCUT2D eigenvalue weighted by atomic mass is 9.75. The topological polar surface area (TPSA) is 110 Å². The van der Waals surface area contributed by atoms with Crippen LogP contribution in [0.15, 0.2) is 36.1 Å². The lowest BCUT2D eigenvalue weighted by Crippen LogP contribution is -2.41. The number of ketones is 1. The Balaban J connectivity index is 1.62. The van der Waals surface area contributed by atoms with E-state index in [1.807, 2.05) is 0 Å². The van der Waals surface area contributed by atoms with Gasteiger partial charge in [-0.3, -0.25) is 9.59 Å². The van der Waals surface area contributed by atoms with E-state index in [9.17, 15) is 19.8 Å². The van der Waals surface area contributed by atoms with Crippen molar-refractivity contribution in [2.75, 3.05) is 0 Å². The number of phenolic OH excluding ortho intramolecular Hbond substituents is 1. The van der Waals surface area contributed by atoms with Crippen LogP contribution in [-0.2, 0) is 20.7 Å². The van der Waals surface area contributed by atoms with Crippen LogP contribution in [0.25, 0.3) is 0 Å². The minimum atomic E-state index is -1.10. The highest BCUT2D eigenvalue weighted by Crippen LogP contribution is 2.39. The quantitative estimate of drug-likeness (QED) is 0.661. The number of hydrogen-bond acceptors (Lipinski definition) is 6. The average Bonchev–Trinajstić information content (AvgIpc) is 2.98. The third-order valence-electron chi connectivity index (χ3n) is 5.64. The number of carbonyl (C=O) groups excluding carboxylic acids is 2. The van der Waals surface area contributed by atoms with E-state index in [0.717, 1.165) is 24.8 Å². The normalized spacial score (nSPS) is 31.9. The molecule has 1 aromatic rings. The number of benzene rings is 1. The van der Waals surface area contributed by atoms with Crippen LogP contribution in [-0.4, -0.2) is 40.0 Å². The molecule has 6 nitrogen and oxygen atoms in total. The van der Waals surface area contributed by atoms with Crippen molar-refractivity contribution in [1.82, 2.24) is 0 Å². The van der Waals surface area contributed by atoms with Crippen LogP contribution in [0.3, 0.4) is 0 Å². The Morgan fingerprint density at radius 1 is 1.33 bits per heavy atom. The van der Waals surface area contributed by atoms with Crippen LogP contribution < -0.4 is 5.73 Å². The maximum Gasteiger partial charge on any atom is 0.155 e. The van der Waals surface area contributed by atoms with Gasteiger partial charge in [0.2, 0.25) is 0 Å². The van der Waals surface area contributed by atoms with Gasteiger partial charge < -0.3 is 20.7 Å². The number of aliphatic hydroxyl groups is 1. The Morgan fingerprint density at radius 2 is 2.04 bits per heavy atom. The molecular formula is C21H27NO5. The summed E-state index contributed by atoms with van der Waals surface area (Å²) in [6.07, 6.45) is 5.10. The fraction of sp³-hybridized carbons (Fsp3) is 0.524. The van der Waals surface area contributed by atoms with E-state index in [1.165, 1.54) is 6.08 Å². The van der Waals surface area contributed by atoms with Crippen molar-refractivity contribution in [3.63, 3.8) is 0 Å². The smallest absolute Gasteiger partial charge is 0.155 e. The molecule has 1 aromatic carbocycles. The summed E-state index contributed by atoms with van der Waals surface area (Å²) in [5, 5.41) is 19.6. The molecule has 0 radical (unpaired) electrons. The molecule has 2 aliphatic rings. The van der Waals surface area contributed by atoms with Gasteiger partial charge in [-0.05, 0) is 62.3 Å². The number of phenols is 1. The SMILES string of the molecule is CC1(C=O)C=C(O)C(C2CCCC(C(=O)C(N)Cc3ccc(O)cc3)C2)O1.